The van der Waals surface area contributed by atoms with E-state index < -0.39 is 0 Å². The molecule has 1 unspecified atom stereocenters. The number of benzene rings is 2. The van der Waals surface area contributed by atoms with Crippen LogP contribution in [0.15, 0.2) is 42.5 Å². The molecule has 2 nitrogen and oxygen atoms in total. The SMILES string of the molecule is CNC(C)c1cc(F)ccc1N1CCc2ccccc21. The molecule has 0 bridgehead atoms. The molecule has 0 saturated heterocycles. The maximum absolute atomic E-state index is 13.6. The monoisotopic (exact) mass is 270 g/mol. The second kappa shape index (κ2) is 5.25. The highest BCUT2D eigenvalue weighted by Crippen LogP contribution is 2.38. The molecule has 0 saturated carbocycles. The van der Waals surface area contributed by atoms with Gasteiger partial charge in [-0.25, -0.2) is 4.39 Å². The van der Waals surface area contributed by atoms with Crippen LogP contribution in [0, 0.1) is 5.82 Å². The minimum atomic E-state index is -0.182. The summed E-state index contributed by atoms with van der Waals surface area (Å²) >= 11 is 0. The summed E-state index contributed by atoms with van der Waals surface area (Å²) in [5.41, 5.74) is 4.70. The number of nitrogens with zero attached hydrogens (tertiary/aromatic N) is 1. The molecule has 0 amide bonds. The van der Waals surface area contributed by atoms with Crippen molar-refractivity contribution < 1.29 is 4.39 Å². The summed E-state index contributed by atoms with van der Waals surface area (Å²) in [5, 5.41) is 3.20. The van der Waals surface area contributed by atoms with Crippen molar-refractivity contribution in [1.29, 1.82) is 0 Å². The minimum Gasteiger partial charge on any atom is -0.341 e. The number of rotatable bonds is 3. The second-order valence-electron chi connectivity index (χ2n) is 5.24. The van der Waals surface area contributed by atoms with E-state index in [1.807, 2.05) is 13.1 Å². The van der Waals surface area contributed by atoms with Crippen molar-refractivity contribution in [2.24, 2.45) is 0 Å². The standard InChI is InChI=1S/C17H19FN2/c1-12(19-2)15-11-14(18)7-8-17(15)20-10-9-13-5-3-4-6-16(13)20/h3-8,11-12,19H,9-10H2,1-2H3. The van der Waals surface area contributed by atoms with E-state index in [9.17, 15) is 4.39 Å². The van der Waals surface area contributed by atoms with E-state index in [0.717, 1.165) is 24.2 Å². The van der Waals surface area contributed by atoms with Gasteiger partial charge in [0, 0.05) is 24.0 Å². The van der Waals surface area contributed by atoms with Crippen molar-refractivity contribution in [3.8, 4) is 0 Å². The van der Waals surface area contributed by atoms with Crippen LogP contribution in [0.2, 0.25) is 0 Å². The Bertz CT molecular complexity index is 624. The Morgan fingerprint density at radius 2 is 1.95 bits per heavy atom. The molecule has 1 N–H and O–H groups in total. The molecule has 2 aromatic carbocycles. The Morgan fingerprint density at radius 3 is 2.75 bits per heavy atom. The molecule has 0 radical (unpaired) electrons. The quantitative estimate of drug-likeness (QED) is 0.912. The van der Waals surface area contributed by atoms with E-state index in [1.165, 1.54) is 11.3 Å². The van der Waals surface area contributed by atoms with Gasteiger partial charge in [-0.2, -0.15) is 0 Å². The lowest BCUT2D eigenvalue weighted by molar-refractivity contribution is 0.608. The number of anilines is 2. The van der Waals surface area contributed by atoms with Gasteiger partial charge in [0.2, 0.25) is 0 Å². The summed E-state index contributed by atoms with van der Waals surface area (Å²) in [6.45, 7) is 3.01. The highest BCUT2D eigenvalue weighted by molar-refractivity contribution is 5.72. The lowest BCUT2D eigenvalue weighted by Gasteiger charge is -2.25. The first-order valence-corrected chi connectivity index (χ1v) is 7.03. The molecule has 20 heavy (non-hydrogen) atoms. The first kappa shape index (κ1) is 13.1. The zero-order chi connectivity index (χ0) is 14.1. The number of hydrogen-bond acceptors (Lipinski definition) is 2. The molecule has 2 aromatic rings. The van der Waals surface area contributed by atoms with Crippen molar-refractivity contribution in [2.45, 2.75) is 19.4 Å². The highest BCUT2D eigenvalue weighted by Gasteiger charge is 2.23. The van der Waals surface area contributed by atoms with E-state index in [1.54, 1.807) is 12.1 Å². The molecular weight excluding hydrogens is 251 g/mol. The zero-order valence-corrected chi connectivity index (χ0v) is 11.9. The average Bonchev–Trinajstić information content (AvgIpc) is 2.90. The third-order valence-corrected chi connectivity index (χ3v) is 4.07. The fourth-order valence-corrected chi connectivity index (χ4v) is 2.86. The summed E-state index contributed by atoms with van der Waals surface area (Å²) < 4.78 is 13.6. The van der Waals surface area contributed by atoms with Gasteiger partial charge >= 0.3 is 0 Å². The van der Waals surface area contributed by atoms with Gasteiger partial charge in [-0.15, -0.1) is 0 Å². The Morgan fingerprint density at radius 1 is 1.15 bits per heavy atom. The Balaban J connectivity index is 2.07. The van der Waals surface area contributed by atoms with Gasteiger partial charge in [0.1, 0.15) is 5.82 Å². The second-order valence-corrected chi connectivity index (χ2v) is 5.24. The van der Waals surface area contributed by atoms with E-state index in [4.69, 9.17) is 0 Å². The predicted octanol–water partition coefficient (Wildman–Crippen LogP) is 3.80. The first-order valence-electron chi connectivity index (χ1n) is 7.03. The number of fused-ring (bicyclic) bond motifs is 1. The molecule has 1 heterocycles. The molecule has 1 aliphatic rings. The average molecular weight is 270 g/mol. The van der Waals surface area contributed by atoms with Crippen LogP contribution in [-0.2, 0) is 6.42 Å². The van der Waals surface area contributed by atoms with Gasteiger partial charge in [-0.1, -0.05) is 18.2 Å². The van der Waals surface area contributed by atoms with Gasteiger partial charge in [0.15, 0.2) is 0 Å². The van der Waals surface area contributed by atoms with Crippen LogP contribution in [0.5, 0.6) is 0 Å². The fourth-order valence-electron chi connectivity index (χ4n) is 2.86. The number of halogens is 1. The van der Waals surface area contributed by atoms with E-state index in [-0.39, 0.29) is 11.9 Å². The lowest BCUT2D eigenvalue weighted by atomic mass is 10.0. The van der Waals surface area contributed by atoms with Crippen molar-refractivity contribution in [3.05, 3.63) is 59.4 Å². The lowest BCUT2D eigenvalue weighted by Crippen LogP contribution is -2.20. The largest absolute Gasteiger partial charge is 0.341 e. The van der Waals surface area contributed by atoms with Crippen LogP contribution in [-0.4, -0.2) is 13.6 Å². The van der Waals surface area contributed by atoms with Crippen molar-refractivity contribution in [1.82, 2.24) is 5.32 Å². The molecule has 3 rings (SSSR count). The molecule has 0 aliphatic carbocycles. The van der Waals surface area contributed by atoms with Crippen molar-refractivity contribution in [3.63, 3.8) is 0 Å². The first-order chi connectivity index (χ1) is 9.70. The van der Waals surface area contributed by atoms with Crippen molar-refractivity contribution >= 4 is 11.4 Å². The van der Waals surface area contributed by atoms with Gasteiger partial charge in [0.05, 0.1) is 0 Å². The Kier molecular flexibility index (Phi) is 3.45. The van der Waals surface area contributed by atoms with Gasteiger partial charge in [0.25, 0.3) is 0 Å². The van der Waals surface area contributed by atoms with Crippen molar-refractivity contribution in [2.75, 3.05) is 18.5 Å². The third kappa shape index (κ3) is 2.18. The molecule has 0 fully saturated rings. The normalized spacial score (nSPS) is 15.2. The smallest absolute Gasteiger partial charge is 0.123 e. The Hall–Kier alpha value is -1.87. The maximum atomic E-state index is 13.6. The minimum absolute atomic E-state index is 0.119. The van der Waals surface area contributed by atoms with Crippen LogP contribution in [0.4, 0.5) is 15.8 Å². The number of nitrogens with one attached hydrogen (secondary N) is 1. The molecule has 1 atom stereocenters. The van der Waals surface area contributed by atoms with E-state index in [2.05, 4.69) is 41.4 Å². The van der Waals surface area contributed by atoms with Crippen LogP contribution in [0.1, 0.15) is 24.1 Å². The number of para-hydroxylation sites is 1. The summed E-state index contributed by atoms with van der Waals surface area (Å²) in [7, 11) is 1.90. The summed E-state index contributed by atoms with van der Waals surface area (Å²) in [6.07, 6.45) is 1.04. The third-order valence-electron chi connectivity index (χ3n) is 4.07. The van der Waals surface area contributed by atoms with Gasteiger partial charge in [-0.05, 0) is 55.8 Å². The Labute approximate surface area is 119 Å². The molecule has 1 aliphatic heterocycles. The fraction of sp³-hybridized carbons (Fsp3) is 0.294. The maximum Gasteiger partial charge on any atom is 0.123 e. The molecule has 0 spiro atoms. The number of hydrogen-bond donors (Lipinski definition) is 1. The summed E-state index contributed by atoms with van der Waals surface area (Å²) in [5.74, 6) is -0.182. The molecule has 3 heteroatoms. The van der Waals surface area contributed by atoms with Crippen LogP contribution in [0.25, 0.3) is 0 Å². The van der Waals surface area contributed by atoms with Gasteiger partial charge in [-0.3, -0.25) is 0 Å². The van der Waals surface area contributed by atoms with E-state index in [0.29, 0.717) is 0 Å². The molecule has 104 valence electrons. The van der Waals surface area contributed by atoms with Crippen LogP contribution < -0.4 is 10.2 Å². The zero-order valence-electron chi connectivity index (χ0n) is 11.9. The molecular formula is C17H19FN2. The summed E-state index contributed by atoms with van der Waals surface area (Å²) in [4.78, 5) is 2.29. The van der Waals surface area contributed by atoms with Crippen LogP contribution >= 0.6 is 0 Å². The van der Waals surface area contributed by atoms with Crippen LogP contribution in [0.3, 0.4) is 0 Å². The van der Waals surface area contributed by atoms with Gasteiger partial charge < -0.3 is 10.2 Å². The molecule has 0 aromatic heterocycles. The highest BCUT2D eigenvalue weighted by atomic mass is 19.1. The van der Waals surface area contributed by atoms with E-state index >= 15 is 0 Å². The summed E-state index contributed by atoms with van der Waals surface area (Å²) in [6, 6.07) is 13.6. The topological polar surface area (TPSA) is 15.3 Å². The predicted molar refractivity (Wildman–Crippen MR) is 81.0 cm³/mol.